The van der Waals surface area contributed by atoms with Crippen LogP contribution in [0.3, 0.4) is 0 Å². The minimum atomic E-state index is 0.537. The zero-order valence-corrected chi connectivity index (χ0v) is 14.6. The molecule has 5 heteroatoms. The third-order valence-corrected chi connectivity index (χ3v) is 4.70. The summed E-state index contributed by atoms with van der Waals surface area (Å²) in [7, 11) is 0. The van der Waals surface area contributed by atoms with Crippen LogP contribution < -0.4 is 10.1 Å². The lowest BCUT2D eigenvalue weighted by Gasteiger charge is -2.32. The van der Waals surface area contributed by atoms with E-state index in [4.69, 9.17) is 9.47 Å². The first-order valence-electron chi connectivity index (χ1n) is 7.86. The van der Waals surface area contributed by atoms with Crippen LogP contribution >= 0.6 is 15.9 Å². The van der Waals surface area contributed by atoms with Crippen LogP contribution in [-0.2, 0) is 4.74 Å². The van der Waals surface area contributed by atoms with Gasteiger partial charge in [0, 0.05) is 42.3 Å². The van der Waals surface area contributed by atoms with E-state index in [0.717, 1.165) is 55.2 Å². The molecule has 4 nitrogen and oxygen atoms in total. The molecular weight excluding hydrogens is 344 g/mol. The lowest BCUT2D eigenvalue weighted by molar-refractivity contribution is 0.0205. The smallest absolute Gasteiger partial charge is 0.127 e. The number of nitrogens with zero attached hydrogens (tertiary/aromatic N) is 1. The van der Waals surface area contributed by atoms with Crippen LogP contribution in [-0.4, -0.2) is 56.9 Å². The summed E-state index contributed by atoms with van der Waals surface area (Å²) in [6, 6.07) is 6.67. The van der Waals surface area contributed by atoms with Crippen molar-refractivity contribution in [3.05, 3.63) is 33.8 Å². The summed E-state index contributed by atoms with van der Waals surface area (Å²) in [4.78, 5) is 2.48. The van der Waals surface area contributed by atoms with Gasteiger partial charge in [0.15, 0.2) is 0 Å². The maximum Gasteiger partial charge on any atom is 0.127 e. The van der Waals surface area contributed by atoms with Crippen LogP contribution in [0.4, 0.5) is 0 Å². The van der Waals surface area contributed by atoms with E-state index in [2.05, 4.69) is 45.2 Å². The fourth-order valence-corrected chi connectivity index (χ4v) is 3.27. The Hall–Kier alpha value is -0.880. The minimum absolute atomic E-state index is 0.537. The van der Waals surface area contributed by atoms with Gasteiger partial charge in [-0.15, -0.1) is 0 Å². The molecule has 0 saturated carbocycles. The number of ether oxygens (including phenoxy) is 2. The Kier molecular flexibility index (Phi) is 5.52. The van der Waals surface area contributed by atoms with Gasteiger partial charge in [-0.05, 0) is 36.8 Å². The Morgan fingerprint density at radius 3 is 2.95 bits per heavy atom. The monoisotopic (exact) mass is 366 g/mol. The van der Waals surface area contributed by atoms with Crippen LogP contribution in [0, 0.1) is 0 Å². The molecule has 2 aliphatic heterocycles. The van der Waals surface area contributed by atoms with Crippen LogP contribution in [0.15, 0.2) is 28.2 Å². The van der Waals surface area contributed by atoms with Crippen molar-refractivity contribution in [3.63, 3.8) is 0 Å². The number of benzene rings is 1. The van der Waals surface area contributed by atoms with Crippen molar-refractivity contribution in [2.75, 3.05) is 46.0 Å². The quantitative estimate of drug-likeness (QED) is 0.867. The lowest BCUT2D eigenvalue weighted by atomic mass is 10.1. The summed E-state index contributed by atoms with van der Waals surface area (Å²) in [5.41, 5.74) is 2.44. The maximum atomic E-state index is 5.81. The van der Waals surface area contributed by atoms with Crippen molar-refractivity contribution in [3.8, 4) is 5.75 Å². The molecule has 0 spiro atoms. The van der Waals surface area contributed by atoms with E-state index in [-0.39, 0.29) is 0 Å². The second-order valence-electron chi connectivity index (χ2n) is 5.90. The molecule has 1 N–H and O–H groups in total. The van der Waals surface area contributed by atoms with Crippen molar-refractivity contribution >= 4 is 22.0 Å². The molecule has 0 bridgehead atoms. The predicted octanol–water partition coefficient (Wildman–Crippen LogP) is 2.54. The average molecular weight is 367 g/mol. The Morgan fingerprint density at radius 2 is 2.14 bits per heavy atom. The topological polar surface area (TPSA) is 33.7 Å². The first kappa shape index (κ1) is 16.0. The molecule has 120 valence electrons. The van der Waals surface area contributed by atoms with Crippen LogP contribution in [0.1, 0.15) is 12.5 Å². The van der Waals surface area contributed by atoms with Gasteiger partial charge < -0.3 is 14.8 Å². The molecule has 0 aromatic heterocycles. The van der Waals surface area contributed by atoms with Gasteiger partial charge >= 0.3 is 0 Å². The van der Waals surface area contributed by atoms with Gasteiger partial charge in [0.25, 0.3) is 0 Å². The highest BCUT2D eigenvalue weighted by molar-refractivity contribution is 9.10. The fraction of sp³-hybridized carbons (Fsp3) is 0.529. The summed E-state index contributed by atoms with van der Waals surface area (Å²) < 4.78 is 12.3. The number of morpholine rings is 1. The molecule has 22 heavy (non-hydrogen) atoms. The molecule has 0 aliphatic carbocycles. The number of fused-ring (bicyclic) bond motifs is 1. The zero-order chi connectivity index (χ0) is 15.4. The molecular formula is C17H23BrN2O2. The van der Waals surface area contributed by atoms with E-state index in [0.29, 0.717) is 12.6 Å². The zero-order valence-electron chi connectivity index (χ0n) is 13.0. The summed E-state index contributed by atoms with van der Waals surface area (Å²) in [5, 5.41) is 3.56. The fourth-order valence-electron chi connectivity index (χ4n) is 2.89. The second kappa shape index (κ2) is 7.59. The highest BCUT2D eigenvalue weighted by Gasteiger charge is 2.17. The van der Waals surface area contributed by atoms with E-state index in [1.54, 1.807) is 0 Å². The maximum absolute atomic E-state index is 5.81. The number of hydrogen-bond donors (Lipinski definition) is 1. The summed E-state index contributed by atoms with van der Waals surface area (Å²) in [6.07, 6.45) is 2.23. The van der Waals surface area contributed by atoms with Gasteiger partial charge in [-0.2, -0.15) is 0 Å². The van der Waals surface area contributed by atoms with Gasteiger partial charge in [-0.3, -0.25) is 4.90 Å². The average Bonchev–Trinajstić information content (AvgIpc) is 2.55. The number of rotatable bonds is 5. The van der Waals surface area contributed by atoms with Gasteiger partial charge in [-0.25, -0.2) is 0 Å². The highest BCUT2D eigenvalue weighted by atomic mass is 79.9. The largest absolute Gasteiger partial charge is 0.489 e. The van der Waals surface area contributed by atoms with Crippen molar-refractivity contribution in [1.29, 1.82) is 0 Å². The van der Waals surface area contributed by atoms with Gasteiger partial charge in [0.05, 0.1) is 13.2 Å². The highest BCUT2D eigenvalue weighted by Crippen LogP contribution is 2.28. The minimum Gasteiger partial charge on any atom is -0.489 e. The Bertz CT molecular complexity index is 541. The molecule has 1 saturated heterocycles. The van der Waals surface area contributed by atoms with E-state index in [1.165, 1.54) is 5.57 Å². The predicted molar refractivity (Wildman–Crippen MR) is 92.3 cm³/mol. The third kappa shape index (κ3) is 4.10. The van der Waals surface area contributed by atoms with Crippen molar-refractivity contribution in [1.82, 2.24) is 10.2 Å². The molecule has 0 radical (unpaired) electrons. The van der Waals surface area contributed by atoms with E-state index >= 15 is 0 Å². The van der Waals surface area contributed by atoms with Gasteiger partial charge in [0.1, 0.15) is 12.4 Å². The summed E-state index contributed by atoms with van der Waals surface area (Å²) in [5.74, 6) is 0.966. The van der Waals surface area contributed by atoms with Gasteiger partial charge in [-0.1, -0.05) is 15.9 Å². The molecule has 1 atom stereocenters. The molecule has 3 rings (SSSR count). The van der Waals surface area contributed by atoms with Crippen molar-refractivity contribution in [2.24, 2.45) is 0 Å². The molecule has 2 heterocycles. The Labute approximate surface area is 140 Å². The van der Waals surface area contributed by atoms with E-state index in [9.17, 15) is 0 Å². The normalized spacial score (nSPS) is 20.0. The molecule has 0 amide bonds. The van der Waals surface area contributed by atoms with Crippen molar-refractivity contribution < 1.29 is 9.47 Å². The van der Waals surface area contributed by atoms with E-state index in [1.807, 2.05) is 12.1 Å². The van der Waals surface area contributed by atoms with Crippen LogP contribution in [0.5, 0.6) is 5.75 Å². The Morgan fingerprint density at radius 1 is 1.32 bits per heavy atom. The number of nitrogens with one attached hydrogen (secondary N) is 1. The first-order chi connectivity index (χ1) is 10.7. The van der Waals surface area contributed by atoms with Crippen LogP contribution in [0.2, 0.25) is 0 Å². The Balaban J connectivity index is 1.49. The number of halogens is 1. The standard InChI is InChI=1S/C17H23BrN2O2/c1-13(20-4-6-21-7-5-20)10-19-11-14-8-15-9-16(18)2-3-17(15)22-12-14/h2-3,8-9,13,19H,4-7,10-12H2,1H3. The second-order valence-corrected chi connectivity index (χ2v) is 6.82. The van der Waals surface area contributed by atoms with E-state index < -0.39 is 0 Å². The first-order valence-corrected chi connectivity index (χ1v) is 8.66. The van der Waals surface area contributed by atoms with Crippen LogP contribution in [0.25, 0.3) is 6.08 Å². The molecule has 1 unspecified atom stereocenters. The summed E-state index contributed by atoms with van der Waals surface area (Å²) in [6.45, 7) is 8.60. The van der Waals surface area contributed by atoms with Gasteiger partial charge in [0.2, 0.25) is 0 Å². The lowest BCUT2D eigenvalue weighted by Crippen LogP contribution is -2.46. The molecule has 2 aliphatic rings. The summed E-state index contributed by atoms with van der Waals surface area (Å²) >= 11 is 3.51. The third-order valence-electron chi connectivity index (χ3n) is 4.21. The SMILES string of the molecule is CC(CNCC1=Cc2cc(Br)ccc2OC1)N1CCOCC1. The number of hydrogen-bond acceptors (Lipinski definition) is 4. The van der Waals surface area contributed by atoms with Crippen molar-refractivity contribution in [2.45, 2.75) is 13.0 Å². The molecule has 1 aromatic carbocycles. The molecule has 1 fully saturated rings. The molecule has 1 aromatic rings.